The van der Waals surface area contributed by atoms with E-state index in [9.17, 15) is 10.2 Å². The van der Waals surface area contributed by atoms with Gasteiger partial charge in [-0.1, -0.05) is 46.8 Å². The summed E-state index contributed by atoms with van der Waals surface area (Å²) in [5.74, 6) is 2.90. The van der Waals surface area contributed by atoms with E-state index in [1.165, 1.54) is 44.1 Å². The Bertz CT molecular complexity index is 771. The third kappa shape index (κ3) is 2.64. The van der Waals surface area contributed by atoms with Crippen molar-refractivity contribution in [2.75, 3.05) is 0 Å². The minimum absolute atomic E-state index is 0.0232. The highest BCUT2D eigenvalue weighted by Gasteiger charge is 2.70. The van der Waals surface area contributed by atoms with Gasteiger partial charge < -0.3 is 10.2 Å². The maximum atomic E-state index is 11.7. The molecule has 0 amide bonds. The molecule has 0 aromatic carbocycles. The smallest absolute Gasteiger partial charge is 0.0684 e. The van der Waals surface area contributed by atoms with Gasteiger partial charge in [0.2, 0.25) is 0 Å². The Labute approximate surface area is 191 Å². The lowest BCUT2D eigenvalue weighted by Crippen LogP contribution is -2.67. The van der Waals surface area contributed by atoms with Crippen LogP contribution in [0, 0.1) is 51.2 Å². The average molecular weight is 429 g/mol. The van der Waals surface area contributed by atoms with Gasteiger partial charge in [-0.25, -0.2) is 0 Å². The van der Waals surface area contributed by atoms with Gasteiger partial charge in [-0.15, -0.1) is 0 Å². The Morgan fingerprint density at radius 1 is 0.774 bits per heavy atom. The SMILES string of the molecule is C=C(C)[C@H]1CC[C@@]2(O)CC[C@]3(C)[C@H](CC[C@H]4[C@@]5(C)CC[C@H](O)C(C)(C)[C@@H]5CC[C@@]43C)[C@H]12. The van der Waals surface area contributed by atoms with Crippen molar-refractivity contribution in [3.63, 3.8) is 0 Å². The second-order valence-corrected chi connectivity index (χ2v) is 14.2. The van der Waals surface area contributed by atoms with Crippen LogP contribution in [0.5, 0.6) is 0 Å². The Hall–Kier alpha value is -0.340. The lowest BCUT2D eigenvalue weighted by atomic mass is 9.33. The molecule has 5 saturated carbocycles. The maximum absolute atomic E-state index is 11.7. The highest BCUT2D eigenvalue weighted by atomic mass is 16.3. The summed E-state index contributed by atoms with van der Waals surface area (Å²) in [7, 11) is 0. The molecule has 0 aliphatic heterocycles. The fraction of sp³-hybridized carbons (Fsp3) is 0.931. The molecule has 2 N–H and O–H groups in total. The van der Waals surface area contributed by atoms with Crippen molar-refractivity contribution in [3.8, 4) is 0 Å². The molecular weight excluding hydrogens is 380 g/mol. The van der Waals surface area contributed by atoms with Gasteiger partial charge in [0.1, 0.15) is 0 Å². The quantitative estimate of drug-likeness (QED) is 0.453. The molecule has 0 spiro atoms. The van der Waals surface area contributed by atoms with Crippen LogP contribution < -0.4 is 0 Å². The van der Waals surface area contributed by atoms with Crippen molar-refractivity contribution in [1.82, 2.24) is 0 Å². The molecule has 0 radical (unpaired) electrons. The van der Waals surface area contributed by atoms with E-state index in [0.717, 1.165) is 31.6 Å². The van der Waals surface area contributed by atoms with Gasteiger partial charge in [0.05, 0.1) is 11.7 Å². The van der Waals surface area contributed by atoms with Gasteiger partial charge >= 0.3 is 0 Å². The summed E-state index contributed by atoms with van der Waals surface area (Å²) in [6.07, 6.45) is 11.4. The number of hydrogen-bond donors (Lipinski definition) is 2. The number of fused-ring (bicyclic) bond motifs is 7. The Morgan fingerprint density at radius 2 is 1.48 bits per heavy atom. The van der Waals surface area contributed by atoms with Crippen LogP contribution in [-0.4, -0.2) is 21.9 Å². The van der Waals surface area contributed by atoms with E-state index in [1.807, 2.05) is 0 Å². The zero-order valence-corrected chi connectivity index (χ0v) is 21.1. The molecule has 5 aliphatic rings. The van der Waals surface area contributed by atoms with E-state index in [1.54, 1.807) is 0 Å². The Kier molecular flexibility index (Phi) is 4.80. The van der Waals surface area contributed by atoms with Gasteiger partial charge in [-0.05, 0) is 122 Å². The number of allylic oxidation sites excluding steroid dienone is 1. The first-order valence-corrected chi connectivity index (χ1v) is 13.4. The van der Waals surface area contributed by atoms with Crippen LogP contribution in [0.3, 0.4) is 0 Å². The summed E-state index contributed by atoms with van der Waals surface area (Å²) in [4.78, 5) is 0. The highest BCUT2D eigenvalue weighted by molar-refractivity contribution is 5.22. The van der Waals surface area contributed by atoms with Crippen LogP contribution in [0.2, 0.25) is 0 Å². The molecule has 0 heterocycles. The van der Waals surface area contributed by atoms with E-state index in [0.29, 0.717) is 39.9 Å². The molecule has 0 unspecified atom stereocenters. The first-order valence-electron chi connectivity index (χ1n) is 13.4. The van der Waals surface area contributed by atoms with Crippen molar-refractivity contribution in [1.29, 1.82) is 0 Å². The van der Waals surface area contributed by atoms with E-state index in [-0.39, 0.29) is 11.5 Å². The molecule has 0 saturated heterocycles. The topological polar surface area (TPSA) is 40.5 Å². The lowest BCUT2D eigenvalue weighted by Gasteiger charge is -2.72. The van der Waals surface area contributed by atoms with Gasteiger partial charge in [0.15, 0.2) is 0 Å². The van der Waals surface area contributed by atoms with E-state index in [4.69, 9.17) is 0 Å². The lowest BCUT2D eigenvalue weighted by molar-refractivity contribution is -0.254. The molecule has 2 nitrogen and oxygen atoms in total. The number of aliphatic hydroxyl groups excluding tert-OH is 1. The van der Waals surface area contributed by atoms with Crippen LogP contribution in [-0.2, 0) is 0 Å². The predicted octanol–water partition coefficient (Wildman–Crippen LogP) is 6.75. The van der Waals surface area contributed by atoms with Gasteiger partial charge in [0, 0.05) is 0 Å². The van der Waals surface area contributed by atoms with E-state index in [2.05, 4.69) is 48.1 Å². The number of rotatable bonds is 1. The maximum Gasteiger partial charge on any atom is 0.0684 e. The van der Waals surface area contributed by atoms with Crippen molar-refractivity contribution < 1.29 is 10.2 Å². The third-order valence-corrected chi connectivity index (χ3v) is 13.0. The predicted molar refractivity (Wildman–Crippen MR) is 127 cm³/mol. The largest absolute Gasteiger partial charge is 0.393 e. The van der Waals surface area contributed by atoms with Crippen LogP contribution in [0.1, 0.15) is 106 Å². The zero-order chi connectivity index (χ0) is 22.6. The molecule has 0 aromatic rings. The average Bonchev–Trinajstić information content (AvgIpc) is 3.04. The fourth-order valence-electron chi connectivity index (χ4n) is 11.1. The van der Waals surface area contributed by atoms with Gasteiger partial charge in [0.25, 0.3) is 0 Å². The summed E-state index contributed by atoms with van der Waals surface area (Å²) in [6.45, 7) is 19.1. The van der Waals surface area contributed by atoms with Crippen molar-refractivity contribution in [3.05, 3.63) is 12.2 Å². The second-order valence-electron chi connectivity index (χ2n) is 14.2. The van der Waals surface area contributed by atoms with Crippen molar-refractivity contribution >= 4 is 0 Å². The van der Waals surface area contributed by atoms with Crippen molar-refractivity contribution in [2.45, 2.75) is 117 Å². The van der Waals surface area contributed by atoms with Gasteiger partial charge in [-0.3, -0.25) is 0 Å². The van der Waals surface area contributed by atoms with Crippen LogP contribution in [0.25, 0.3) is 0 Å². The fourth-order valence-corrected chi connectivity index (χ4v) is 11.1. The summed E-state index contributed by atoms with van der Waals surface area (Å²) in [5.41, 5.74) is 1.85. The zero-order valence-electron chi connectivity index (χ0n) is 21.1. The molecule has 31 heavy (non-hydrogen) atoms. The van der Waals surface area contributed by atoms with E-state index < -0.39 is 5.60 Å². The molecular formula is C29H48O2. The monoisotopic (exact) mass is 428 g/mol. The number of aliphatic hydroxyl groups is 2. The minimum Gasteiger partial charge on any atom is -0.393 e. The van der Waals surface area contributed by atoms with E-state index >= 15 is 0 Å². The molecule has 5 rings (SSSR count). The highest BCUT2D eigenvalue weighted by Crippen LogP contribution is 2.76. The molecule has 2 heteroatoms. The standard InChI is InChI=1S/C29H48O2/c1-18(2)19-10-15-29(31)17-16-27(6)20(24(19)29)8-9-22-26(5)13-12-23(30)25(3,4)21(26)11-14-28(22,27)7/h19-24,30-31H,1,8-17H2,2-7H3/t19-,20-,21+,22+,23+,24+,26+,27-,28+,29-/m1/s1. The molecule has 176 valence electrons. The van der Waals surface area contributed by atoms with Gasteiger partial charge in [-0.2, -0.15) is 0 Å². The van der Waals surface area contributed by atoms with Crippen LogP contribution in [0.15, 0.2) is 12.2 Å². The first-order chi connectivity index (χ1) is 14.3. The summed E-state index contributed by atoms with van der Waals surface area (Å²) >= 11 is 0. The molecule has 0 bridgehead atoms. The number of hydrogen-bond acceptors (Lipinski definition) is 2. The second kappa shape index (κ2) is 6.62. The Balaban J connectivity index is 1.54. The van der Waals surface area contributed by atoms with Crippen LogP contribution in [0.4, 0.5) is 0 Å². The molecule has 10 atom stereocenters. The molecule has 5 fully saturated rings. The third-order valence-electron chi connectivity index (χ3n) is 13.0. The normalized spacial score (nSPS) is 57.9. The summed E-state index contributed by atoms with van der Waals surface area (Å²) in [6, 6.07) is 0. The van der Waals surface area contributed by atoms with Crippen LogP contribution >= 0.6 is 0 Å². The first kappa shape index (κ1) is 22.5. The van der Waals surface area contributed by atoms with Crippen molar-refractivity contribution in [2.24, 2.45) is 51.2 Å². The summed E-state index contributed by atoms with van der Waals surface area (Å²) in [5, 5.41) is 22.6. The molecule has 0 aromatic heterocycles. The Morgan fingerprint density at radius 3 is 2.16 bits per heavy atom. The summed E-state index contributed by atoms with van der Waals surface area (Å²) < 4.78 is 0. The minimum atomic E-state index is -0.449. The molecule has 5 aliphatic carbocycles.